The number of likely N-dealkylation sites (tertiary alicyclic amines) is 1. The Morgan fingerprint density at radius 1 is 1.15 bits per heavy atom. The van der Waals surface area contributed by atoms with Crippen LogP contribution in [0.2, 0.25) is 10.0 Å². The average molecular weight is 587 g/mol. The highest BCUT2D eigenvalue weighted by Crippen LogP contribution is 2.35. The summed E-state index contributed by atoms with van der Waals surface area (Å²) in [5, 5.41) is 4.69. The molecule has 7 nitrogen and oxygen atoms in total. The molecule has 2 heterocycles. The lowest BCUT2D eigenvalue weighted by Crippen LogP contribution is -2.48. The van der Waals surface area contributed by atoms with Crippen LogP contribution in [0.4, 0.5) is 0 Å². The summed E-state index contributed by atoms with van der Waals surface area (Å²) < 4.78 is 4.95. The molecule has 1 aliphatic heterocycles. The maximum absolute atomic E-state index is 13.1. The Bertz CT molecular complexity index is 1410. The molecule has 204 valence electrons. The number of methoxy groups -OCH3 is 1. The number of fused-ring (bicyclic) bond motifs is 1. The first-order chi connectivity index (χ1) is 18.8. The summed E-state index contributed by atoms with van der Waals surface area (Å²) in [6.45, 7) is 0.858. The molecule has 1 aromatic heterocycles. The zero-order chi connectivity index (χ0) is 27.9. The number of halogens is 2. The number of esters is 1. The Balaban J connectivity index is 1.33. The van der Waals surface area contributed by atoms with Crippen LogP contribution in [-0.2, 0) is 25.5 Å². The van der Waals surface area contributed by atoms with Gasteiger partial charge in [0.2, 0.25) is 11.8 Å². The van der Waals surface area contributed by atoms with E-state index in [1.54, 1.807) is 17.2 Å². The molecular weight excluding hydrogens is 557 g/mol. The van der Waals surface area contributed by atoms with Crippen LogP contribution >= 0.6 is 35.0 Å². The number of thioether (sulfide) groups is 1. The van der Waals surface area contributed by atoms with Gasteiger partial charge in [-0.1, -0.05) is 47.5 Å². The molecule has 10 heteroatoms. The van der Waals surface area contributed by atoms with E-state index in [1.807, 2.05) is 48.7 Å². The van der Waals surface area contributed by atoms with Crippen molar-refractivity contribution in [1.82, 2.24) is 15.2 Å². The zero-order valence-electron chi connectivity index (χ0n) is 21.7. The predicted molar refractivity (Wildman–Crippen MR) is 156 cm³/mol. The fourth-order valence-corrected chi connectivity index (χ4v) is 5.72. The number of hydrogen-bond acceptors (Lipinski definition) is 6. The standard InChI is InChI=1S/C29H29Cl2N3O4S/c1-38-29(37)23(16-18-15-21-5-3-4-6-22(21)32-17-18)33-28(36)20-11-13-34(14-12-20)25(35)10-8-19-7-9-24(39-2)27(31)26(19)30/h3-10,15,17,20,23H,11-14,16H2,1-2H3,(H,33,36)/b10-8+/t23-/m0/s1. The van der Waals surface area contributed by atoms with Crippen molar-refractivity contribution >= 4 is 69.7 Å². The second-order valence-corrected chi connectivity index (χ2v) is 10.8. The van der Waals surface area contributed by atoms with Crippen LogP contribution < -0.4 is 5.32 Å². The van der Waals surface area contributed by atoms with Crippen LogP contribution in [0.15, 0.2) is 59.6 Å². The van der Waals surface area contributed by atoms with E-state index < -0.39 is 12.0 Å². The number of ether oxygens (including phenoxy) is 1. The van der Waals surface area contributed by atoms with Crippen molar-refractivity contribution in [1.29, 1.82) is 0 Å². The van der Waals surface area contributed by atoms with Crippen LogP contribution in [0.1, 0.15) is 24.0 Å². The molecule has 0 saturated carbocycles. The van der Waals surface area contributed by atoms with Gasteiger partial charge in [0.05, 0.1) is 22.7 Å². The van der Waals surface area contributed by atoms with E-state index in [1.165, 1.54) is 24.9 Å². The molecule has 1 fully saturated rings. The molecule has 4 rings (SSSR count). The predicted octanol–water partition coefficient (Wildman–Crippen LogP) is 5.42. The maximum atomic E-state index is 13.1. The Hall–Kier alpha value is -3.07. The maximum Gasteiger partial charge on any atom is 0.328 e. The molecule has 1 N–H and O–H groups in total. The van der Waals surface area contributed by atoms with Crippen LogP contribution in [-0.4, -0.2) is 60.2 Å². The summed E-state index contributed by atoms with van der Waals surface area (Å²) in [4.78, 5) is 45.3. The van der Waals surface area contributed by atoms with Crippen molar-refractivity contribution in [2.24, 2.45) is 5.92 Å². The highest BCUT2D eigenvalue weighted by atomic mass is 35.5. The first kappa shape index (κ1) is 28.9. The molecule has 39 heavy (non-hydrogen) atoms. The van der Waals surface area contributed by atoms with Crippen LogP contribution in [0.3, 0.4) is 0 Å². The largest absolute Gasteiger partial charge is 0.467 e. The van der Waals surface area contributed by atoms with Gasteiger partial charge in [-0.2, -0.15) is 0 Å². The van der Waals surface area contributed by atoms with Gasteiger partial charge in [-0.15, -0.1) is 11.8 Å². The molecular formula is C29H29Cl2N3O4S. The molecule has 3 aromatic rings. The van der Waals surface area contributed by atoms with Crippen molar-refractivity contribution in [3.05, 3.63) is 75.9 Å². The summed E-state index contributed by atoms with van der Waals surface area (Å²) in [7, 11) is 1.30. The van der Waals surface area contributed by atoms with Crippen molar-refractivity contribution in [3.8, 4) is 0 Å². The lowest BCUT2D eigenvalue weighted by atomic mass is 9.95. The van der Waals surface area contributed by atoms with Gasteiger partial charge in [0.1, 0.15) is 6.04 Å². The fraction of sp³-hybridized carbons (Fsp3) is 0.310. The lowest BCUT2D eigenvalue weighted by Gasteiger charge is -2.31. The molecule has 0 spiro atoms. The number of nitrogens with one attached hydrogen (secondary N) is 1. The SMILES string of the molecule is COC(=O)[C@H](Cc1cnc2ccccc2c1)NC(=O)C1CCN(C(=O)/C=C/c2ccc(SC)c(Cl)c2Cl)CC1. The molecule has 1 aliphatic rings. The van der Waals surface area contributed by atoms with Crippen molar-refractivity contribution in [2.45, 2.75) is 30.2 Å². The number of rotatable bonds is 8. The third-order valence-corrected chi connectivity index (χ3v) is 8.56. The second kappa shape index (κ2) is 13.3. The number of pyridine rings is 1. The van der Waals surface area contributed by atoms with Crippen LogP contribution in [0, 0.1) is 5.92 Å². The molecule has 0 bridgehead atoms. The lowest BCUT2D eigenvalue weighted by molar-refractivity contribution is -0.145. The number of hydrogen-bond donors (Lipinski definition) is 1. The number of carbonyl (C=O) groups is 3. The Kier molecular flexibility index (Phi) is 9.88. The van der Waals surface area contributed by atoms with Crippen molar-refractivity contribution in [2.75, 3.05) is 26.5 Å². The fourth-order valence-electron chi connectivity index (χ4n) is 4.55. The topological polar surface area (TPSA) is 88.6 Å². The van der Waals surface area contributed by atoms with E-state index in [0.717, 1.165) is 21.4 Å². The average Bonchev–Trinajstić information content (AvgIpc) is 2.97. The Labute approximate surface area is 241 Å². The Morgan fingerprint density at radius 3 is 2.62 bits per heavy atom. The van der Waals surface area contributed by atoms with E-state index in [4.69, 9.17) is 27.9 Å². The van der Waals surface area contributed by atoms with Gasteiger partial charge < -0.3 is 15.0 Å². The van der Waals surface area contributed by atoms with Crippen molar-refractivity contribution < 1.29 is 19.1 Å². The minimum atomic E-state index is -0.831. The van der Waals surface area contributed by atoms with Gasteiger partial charge in [0.15, 0.2) is 0 Å². The Morgan fingerprint density at radius 2 is 1.90 bits per heavy atom. The van der Waals surface area contributed by atoms with Gasteiger partial charge in [-0.25, -0.2) is 4.79 Å². The summed E-state index contributed by atoms with van der Waals surface area (Å²) in [6, 6.07) is 12.5. The monoisotopic (exact) mass is 585 g/mol. The van der Waals surface area contributed by atoms with Gasteiger partial charge in [-0.3, -0.25) is 14.6 Å². The van der Waals surface area contributed by atoms with E-state index in [0.29, 0.717) is 41.5 Å². The third kappa shape index (κ3) is 7.12. The molecule has 0 unspecified atom stereocenters. The number of piperidine rings is 1. The first-order valence-electron chi connectivity index (χ1n) is 12.5. The molecule has 2 aromatic carbocycles. The van der Waals surface area contributed by atoms with Gasteiger partial charge in [0, 0.05) is 48.0 Å². The zero-order valence-corrected chi connectivity index (χ0v) is 24.0. The van der Waals surface area contributed by atoms with E-state index in [2.05, 4.69) is 10.3 Å². The van der Waals surface area contributed by atoms with Crippen LogP contribution in [0.5, 0.6) is 0 Å². The second-order valence-electron chi connectivity index (χ2n) is 9.24. The van der Waals surface area contributed by atoms with Gasteiger partial charge >= 0.3 is 5.97 Å². The number of nitrogens with zero attached hydrogens (tertiary/aromatic N) is 2. The summed E-state index contributed by atoms with van der Waals surface area (Å²) in [5.41, 5.74) is 2.34. The number of amides is 2. The number of para-hydroxylation sites is 1. The molecule has 1 saturated heterocycles. The highest BCUT2D eigenvalue weighted by molar-refractivity contribution is 7.98. The molecule has 2 amide bonds. The number of aromatic nitrogens is 1. The third-order valence-electron chi connectivity index (χ3n) is 6.77. The minimum Gasteiger partial charge on any atom is -0.467 e. The quantitative estimate of drug-likeness (QED) is 0.216. The summed E-state index contributed by atoms with van der Waals surface area (Å²) in [6.07, 6.45) is 8.00. The number of benzene rings is 2. The summed E-state index contributed by atoms with van der Waals surface area (Å²) >= 11 is 14.1. The van der Waals surface area contributed by atoms with Crippen LogP contribution in [0.25, 0.3) is 17.0 Å². The van der Waals surface area contributed by atoms with E-state index in [9.17, 15) is 14.4 Å². The molecule has 0 aliphatic carbocycles. The number of carbonyl (C=O) groups excluding carboxylic acids is 3. The van der Waals surface area contributed by atoms with Gasteiger partial charge in [-0.05, 0) is 54.5 Å². The van der Waals surface area contributed by atoms with E-state index >= 15 is 0 Å². The molecule has 1 atom stereocenters. The highest BCUT2D eigenvalue weighted by Gasteiger charge is 2.30. The minimum absolute atomic E-state index is 0.161. The normalized spacial score (nSPS) is 14.9. The first-order valence-corrected chi connectivity index (χ1v) is 14.5. The van der Waals surface area contributed by atoms with E-state index in [-0.39, 0.29) is 24.2 Å². The van der Waals surface area contributed by atoms with Crippen molar-refractivity contribution in [3.63, 3.8) is 0 Å². The smallest absolute Gasteiger partial charge is 0.328 e. The van der Waals surface area contributed by atoms with Gasteiger partial charge in [0.25, 0.3) is 0 Å². The summed E-state index contributed by atoms with van der Waals surface area (Å²) in [5.74, 6) is -1.21. The molecule has 0 radical (unpaired) electrons.